The Morgan fingerprint density at radius 1 is 0.897 bits per heavy atom. The summed E-state index contributed by atoms with van der Waals surface area (Å²) in [4.78, 5) is 24.7. The second-order valence-corrected chi connectivity index (χ2v) is 6.08. The van der Waals surface area contributed by atoms with Crippen molar-refractivity contribution in [2.45, 2.75) is 13.8 Å². The lowest BCUT2D eigenvalue weighted by atomic mass is 10.1. The number of nitrogens with zero attached hydrogens (tertiary/aromatic N) is 2. The van der Waals surface area contributed by atoms with Gasteiger partial charge in [0.15, 0.2) is 0 Å². The molecule has 1 heterocycles. The number of aromatic nitrogens is 2. The van der Waals surface area contributed by atoms with E-state index in [1.165, 1.54) is 6.08 Å². The molecule has 0 saturated heterocycles. The van der Waals surface area contributed by atoms with E-state index in [9.17, 15) is 9.59 Å². The van der Waals surface area contributed by atoms with Crippen molar-refractivity contribution in [1.29, 1.82) is 0 Å². The maximum Gasteiger partial charge on any atom is 0.345 e. The Morgan fingerprint density at radius 3 is 2.00 bits per heavy atom. The van der Waals surface area contributed by atoms with Crippen molar-refractivity contribution in [3.05, 3.63) is 78.0 Å². The fourth-order valence-electron chi connectivity index (χ4n) is 2.80. The summed E-state index contributed by atoms with van der Waals surface area (Å²) in [6.45, 7) is 3.68. The highest BCUT2D eigenvalue weighted by atomic mass is 16.6. The van der Waals surface area contributed by atoms with Crippen LogP contribution >= 0.6 is 0 Å². The molecule has 0 atom stereocenters. The summed E-state index contributed by atoms with van der Waals surface area (Å²) in [7, 11) is 0. The molecule has 6 nitrogen and oxygen atoms in total. The molecule has 0 aliphatic rings. The Hall–Kier alpha value is -3.67. The van der Waals surface area contributed by atoms with Crippen LogP contribution in [0.4, 0.5) is 0 Å². The third-order valence-corrected chi connectivity index (χ3v) is 4.10. The minimum absolute atomic E-state index is 0.157. The molecule has 0 unspecified atom stereocenters. The third kappa shape index (κ3) is 4.79. The van der Waals surface area contributed by atoms with Crippen molar-refractivity contribution >= 4 is 18.0 Å². The number of hydrogen-bond donors (Lipinski definition) is 0. The number of carbonyl (C=O) groups is 2. The Labute approximate surface area is 169 Å². The van der Waals surface area contributed by atoms with Gasteiger partial charge in [0.05, 0.1) is 24.6 Å². The summed E-state index contributed by atoms with van der Waals surface area (Å²) in [5.74, 6) is -1.45. The van der Waals surface area contributed by atoms with E-state index in [4.69, 9.17) is 9.47 Å². The van der Waals surface area contributed by atoms with Crippen molar-refractivity contribution in [3.8, 4) is 16.9 Å². The highest BCUT2D eigenvalue weighted by molar-refractivity contribution is 6.18. The van der Waals surface area contributed by atoms with Crippen LogP contribution in [-0.2, 0) is 19.1 Å². The zero-order valence-corrected chi connectivity index (χ0v) is 16.4. The first-order valence-corrected chi connectivity index (χ1v) is 9.40. The molecule has 0 spiro atoms. The number of carbonyl (C=O) groups excluding carboxylic acids is 2. The predicted molar refractivity (Wildman–Crippen MR) is 110 cm³/mol. The topological polar surface area (TPSA) is 70.4 Å². The van der Waals surface area contributed by atoms with Crippen LogP contribution in [0.1, 0.15) is 19.4 Å². The molecule has 0 bridgehead atoms. The van der Waals surface area contributed by atoms with Gasteiger partial charge in [0.25, 0.3) is 0 Å². The van der Waals surface area contributed by atoms with Crippen molar-refractivity contribution in [1.82, 2.24) is 9.78 Å². The molecule has 0 aliphatic heterocycles. The number of ether oxygens (including phenoxy) is 2. The van der Waals surface area contributed by atoms with Gasteiger partial charge in [0.1, 0.15) is 5.57 Å². The molecule has 1 aromatic heterocycles. The number of esters is 2. The van der Waals surface area contributed by atoms with Gasteiger partial charge >= 0.3 is 11.9 Å². The number of benzene rings is 2. The highest BCUT2D eigenvalue weighted by Gasteiger charge is 2.23. The van der Waals surface area contributed by atoms with Gasteiger partial charge in [0, 0.05) is 17.3 Å². The van der Waals surface area contributed by atoms with Crippen molar-refractivity contribution in [2.75, 3.05) is 13.2 Å². The molecule has 2 aromatic carbocycles. The van der Waals surface area contributed by atoms with Gasteiger partial charge in [-0.2, -0.15) is 5.10 Å². The van der Waals surface area contributed by atoms with Gasteiger partial charge in [-0.1, -0.05) is 48.5 Å². The van der Waals surface area contributed by atoms with Crippen molar-refractivity contribution in [3.63, 3.8) is 0 Å². The maximum atomic E-state index is 12.4. The molecule has 0 saturated carbocycles. The zero-order valence-electron chi connectivity index (χ0n) is 16.4. The van der Waals surface area contributed by atoms with Crippen LogP contribution in [-0.4, -0.2) is 34.9 Å². The number of rotatable bonds is 7. The van der Waals surface area contributed by atoms with Crippen molar-refractivity contribution in [2.24, 2.45) is 0 Å². The van der Waals surface area contributed by atoms with Gasteiger partial charge < -0.3 is 9.47 Å². The quantitative estimate of drug-likeness (QED) is 0.263. The van der Waals surface area contributed by atoms with Crippen LogP contribution in [0.2, 0.25) is 0 Å². The summed E-state index contributed by atoms with van der Waals surface area (Å²) in [6, 6.07) is 19.2. The van der Waals surface area contributed by atoms with Crippen molar-refractivity contribution < 1.29 is 19.1 Å². The predicted octanol–water partition coefficient (Wildman–Crippen LogP) is 4.05. The molecule has 148 valence electrons. The smallest absolute Gasteiger partial charge is 0.345 e. The fourth-order valence-corrected chi connectivity index (χ4v) is 2.80. The Morgan fingerprint density at radius 2 is 1.45 bits per heavy atom. The van der Waals surface area contributed by atoms with E-state index in [0.717, 1.165) is 11.3 Å². The Kier molecular flexibility index (Phi) is 6.58. The zero-order chi connectivity index (χ0) is 20.6. The van der Waals surface area contributed by atoms with Gasteiger partial charge in [-0.05, 0) is 32.1 Å². The Bertz CT molecular complexity index is 988. The summed E-state index contributed by atoms with van der Waals surface area (Å²) in [5, 5.41) is 4.68. The number of para-hydroxylation sites is 1. The molecular weight excluding hydrogens is 368 g/mol. The lowest BCUT2D eigenvalue weighted by Gasteiger charge is -2.06. The van der Waals surface area contributed by atoms with E-state index in [-0.39, 0.29) is 18.8 Å². The van der Waals surface area contributed by atoms with Gasteiger partial charge in [-0.15, -0.1) is 0 Å². The van der Waals surface area contributed by atoms with Crippen LogP contribution in [0.5, 0.6) is 0 Å². The third-order valence-electron chi connectivity index (χ3n) is 4.10. The monoisotopic (exact) mass is 390 g/mol. The first-order valence-electron chi connectivity index (χ1n) is 9.40. The largest absolute Gasteiger partial charge is 0.462 e. The second-order valence-electron chi connectivity index (χ2n) is 6.08. The standard InChI is InChI=1S/C23H22N2O4/c1-3-28-22(26)20(23(27)29-4-2)15-18-16-25(19-13-9-6-10-14-19)24-21(18)17-11-7-5-8-12-17/h5-16H,3-4H2,1-2H3. The molecule has 0 radical (unpaired) electrons. The Balaban J connectivity index is 2.14. The summed E-state index contributed by atoms with van der Waals surface area (Å²) >= 11 is 0. The van der Waals surface area contributed by atoms with E-state index >= 15 is 0 Å². The average Bonchev–Trinajstić information content (AvgIpc) is 3.17. The molecule has 0 aliphatic carbocycles. The first-order chi connectivity index (χ1) is 14.1. The summed E-state index contributed by atoms with van der Waals surface area (Å²) in [6.07, 6.45) is 3.25. The van der Waals surface area contributed by atoms with Gasteiger partial charge in [0.2, 0.25) is 0 Å². The molecule has 0 amide bonds. The SMILES string of the molecule is CCOC(=O)C(=Cc1cn(-c2ccccc2)nc1-c1ccccc1)C(=O)OCC. The molecule has 3 rings (SSSR count). The van der Waals surface area contributed by atoms with E-state index in [1.54, 1.807) is 24.7 Å². The van der Waals surface area contributed by atoms with Crippen LogP contribution < -0.4 is 0 Å². The maximum absolute atomic E-state index is 12.4. The van der Waals surface area contributed by atoms with E-state index < -0.39 is 11.9 Å². The highest BCUT2D eigenvalue weighted by Crippen LogP contribution is 2.26. The molecule has 6 heteroatoms. The minimum atomic E-state index is -0.725. The van der Waals surface area contributed by atoms with Gasteiger partial charge in [-0.25, -0.2) is 14.3 Å². The molecule has 3 aromatic rings. The van der Waals surface area contributed by atoms with Crippen LogP contribution in [0, 0.1) is 0 Å². The lowest BCUT2D eigenvalue weighted by Crippen LogP contribution is -2.18. The van der Waals surface area contributed by atoms with Crippen LogP contribution in [0.15, 0.2) is 72.4 Å². The van der Waals surface area contributed by atoms with E-state index in [0.29, 0.717) is 11.3 Å². The normalized spacial score (nSPS) is 10.3. The molecule has 29 heavy (non-hydrogen) atoms. The molecule has 0 N–H and O–H groups in total. The molecular formula is C23H22N2O4. The average molecular weight is 390 g/mol. The van der Waals surface area contributed by atoms with Crippen LogP contribution in [0.3, 0.4) is 0 Å². The molecule has 0 fully saturated rings. The first kappa shape index (κ1) is 20.1. The minimum Gasteiger partial charge on any atom is -0.462 e. The van der Waals surface area contributed by atoms with E-state index in [2.05, 4.69) is 5.10 Å². The number of hydrogen-bond acceptors (Lipinski definition) is 5. The summed E-state index contributed by atoms with van der Waals surface area (Å²) in [5.41, 5.74) is 2.80. The van der Waals surface area contributed by atoms with Gasteiger partial charge in [-0.3, -0.25) is 0 Å². The second kappa shape index (κ2) is 9.50. The fraction of sp³-hybridized carbons (Fsp3) is 0.174. The lowest BCUT2D eigenvalue weighted by molar-refractivity contribution is -0.146. The van der Waals surface area contributed by atoms with E-state index in [1.807, 2.05) is 60.7 Å². The summed E-state index contributed by atoms with van der Waals surface area (Å²) < 4.78 is 11.8. The van der Waals surface area contributed by atoms with Crippen LogP contribution in [0.25, 0.3) is 23.0 Å².